The van der Waals surface area contributed by atoms with Crippen molar-refractivity contribution in [2.45, 2.75) is 179 Å². The zero-order chi connectivity index (χ0) is 36.6. The molecule has 0 spiro atoms. The van der Waals surface area contributed by atoms with Gasteiger partial charge in [0.2, 0.25) is 0 Å². The van der Waals surface area contributed by atoms with Gasteiger partial charge in [0.1, 0.15) is 48.8 Å². The van der Waals surface area contributed by atoms with E-state index in [1.54, 1.807) is 0 Å². The average molecular weight is 775 g/mol. The molecule has 17 heteroatoms. The molecule has 0 bridgehead atoms. The lowest BCUT2D eigenvalue weighted by Gasteiger charge is -2.53. The standard InChI is InChI=1S/C30H70O11Si6/c1-42(2,3)36-24-22(20-32)33-29(27(39-45(10,11)12)26(24)38-44(7,8)9)35-23-21(19-31)34-30(41-47(16,17)18)28(40-46(13,14)15)25(23)37-43(4,5)6/h21-32H,19-20H2,1-18H3/t21-,22-,23+,24+,25+,26+,27-,28-,29+,30-/m1/s1. The Bertz CT molecular complexity index is 968. The zero-order valence-corrected chi connectivity index (χ0v) is 38.8. The van der Waals surface area contributed by atoms with E-state index in [1.165, 1.54) is 0 Å². The first-order valence-corrected chi connectivity index (χ1v) is 37.6. The average Bonchev–Trinajstić information content (AvgIpc) is 2.81. The third-order valence-corrected chi connectivity index (χ3v) is 12.6. The van der Waals surface area contributed by atoms with Gasteiger partial charge in [0.25, 0.3) is 0 Å². The quantitative estimate of drug-likeness (QED) is 0.186. The van der Waals surface area contributed by atoms with Crippen LogP contribution in [0.1, 0.15) is 0 Å². The molecule has 2 aliphatic rings. The highest BCUT2D eigenvalue weighted by molar-refractivity contribution is 6.71. The van der Waals surface area contributed by atoms with Gasteiger partial charge in [-0.1, -0.05) is 0 Å². The number of ether oxygens (including phenoxy) is 3. The lowest BCUT2D eigenvalue weighted by molar-refractivity contribution is -0.345. The third kappa shape index (κ3) is 15.2. The van der Waals surface area contributed by atoms with Crippen molar-refractivity contribution < 1.29 is 51.0 Å². The van der Waals surface area contributed by atoms with E-state index >= 15 is 0 Å². The van der Waals surface area contributed by atoms with E-state index in [9.17, 15) is 10.2 Å². The molecule has 2 fully saturated rings. The summed E-state index contributed by atoms with van der Waals surface area (Å²) in [6.45, 7) is 37.6. The lowest BCUT2D eigenvalue weighted by atomic mass is 9.97. The lowest BCUT2D eigenvalue weighted by Crippen LogP contribution is -2.69. The Hall–Kier alpha value is 0.861. The fourth-order valence-electron chi connectivity index (χ4n) is 5.63. The molecule has 11 nitrogen and oxygen atoms in total. The predicted octanol–water partition coefficient (Wildman–Crippen LogP) is 5.76. The summed E-state index contributed by atoms with van der Waals surface area (Å²) in [5.41, 5.74) is 0. The number of rotatable bonds is 16. The molecule has 2 rings (SSSR count). The van der Waals surface area contributed by atoms with Crippen molar-refractivity contribution in [3.63, 3.8) is 0 Å². The molecule has 2 aliphatic heterocycles. The fraction of sp³-hybridized carbons (Fsp3) is 1.00. The second kappa shape index (κ2) is 16.3. The van der Waals surface area contributed by atoms with E-state index in [2.05, 4.69) is 118 Å². The minimum atomic E-state index is -2.22. The number of aliphatic hydroxyl groups excluding tert-OH is 2. The van der Waals surface area contributed by atoms with Gasteiger partial charge in [-0.3, -0.25) is 0 Å². The second-order valence-electron chi connectivity index (χ2n) is 18.8. The molecule has 0 aromatic carbocycles. The van der Waals surface area contributed by atoms with Crippen molar-refractivity contribution in [1.29, 1.82) is 0 Å². The van der Waals surface area contributed by atoms with E-state index in [4.69, 9.17) is 40.8 Å². The van der Waals surface area contributed by atoms with Gasteiger partial charge in [0, 0.05) is 0 Å². The number of hydrogen-bond donors (Lipinski definition) is 2. The van der Waals surface area contributed by atoms with Crippen LogP contribution in [0, 0.1) is 0 Å². The Morgan fingerprint density at radius 3 is 1.00 bits per heavy atom. The summed E-state index contributed by atoms with van der Waals surface area (Å²) in [6, 6.07) is 0. The molecule has 2 saturated heterocycles. The van der Waals surface area contributed by atoms with E-state index in [0.717, 1.165) is 0 Å². The molecule has 280 valence electrons. The maximum absolute atomic E-state index is 10.8. The summed E-state index contributed by atoms with van der Waals surface area (Å²) in [6.07, 6.45) is -7.03. The number of hydrogen-bond acceptors (Lipinski definition) is 11. The maximum Gasteiger partial charge on any atom is 0.187 e. The van der Waals surface area contributed by atoms with Gasteiger partial charge >= 0.3 is 0 Å². The summed E-state index contributed by atoms with van der Waals surface area (Å²) in [5, 5.41) is 21.5. The molecule has 10 atom stereocenters. The summed E-state index contributed by atoms with van der Waals surface area (Å²) in [4.78, 5) is 0. The molecule has 0 amide bonds. The minimum absolute atomic E-state index is 0.285. The van der Waals surface area contributed by atoms with Gasteiger partial charge in [0.15, 0.2) is 62.5 Å². The van der Waals surface area contributed by atoms with Crippen LogP contribution < -0.4 is 0 Å². The van der Waals surface area contributed by atoms with Crippen LogP contribution in [0.5, 0.6) is 0 Å². The molecule has 0 aromatic rings. The topological polar surface area (TPSA) is 124 Å². The molecule has 0 aromatic heterocycles. The van der Waals surface area contributed by atoms with E-state index in [1.807, 2.05) is 0 Å². The van der Waals surface area contributed by atoms with Crippen LogP contribution in [-0.2, 0) is 40.8 Å². The Balaban J connectivity index is 2.74. The molecule has 47 heavy (non-hydrogen) atoms. The molecule has 2 N–H and O–H groups in total. The first kappa shape index (κ1) is 44.0. The van der Waals surface area contributed by atoms with Gasteiger partial charge in [-0.05, 0) is 118 Å². The second-order valence-corrected chi connectivity index (χ2v) is 45.5. The van der Waals surface area contributed by atoms with Crippen molar-refractivity contribution in [2.75, 3.05) is 13.2 Å². The minimum Gasteiger partial charge on any atom is -0.409 e. The van der Waals surface area contributed by atoms with Gasteiger partial charge in [-0.15, -0.1) is 0 Å². The van der Waals surface area contributed by atoms with Crippen LogP contribution in [0.2, 0.25) is 118 Å². The normalized spacial score (nSPS) is 33.7. The van der Waals surface area contributed by atoms with Gasteiger partial charge in [-0.25, -0.2) is 0 Å². The first-order valence-electron chi connectivity index (χ1n) is 17.2. The third-order valence-electron chi connectivity index (χ3n) is 6.75. The van der Waals surface area contributed by atoms with Crippen molar-refractivity contribution in [1.82, 2.24) is 0 Å². The van der Waals surface area contributed by atoms with E-state index in [0.29, 0.717) is 0 Å². The van der Waals surface area contributed by atoms with Crippen LogP contribution >= 0.6 is 0 Å². The van der Waals surface area contributed by atoms with E-state index < -0.39 is 111 Å². The highest BCUT2D eigenvalue weighted by atomic mass is 28.4. The van der Waals surface area contributed by atoms with Crippen molar-refractivity contribution in [2.24, 2.45) is 0 Å². The summed E-state index contributed by atoms with van der Waals surface area (Å²) < 4.78 is 61.0. The number of aliphatic hydroxyl groups is 2. The Morgan fingerprint density at radius 1 is 0.362 bits per heavy atom. The summed E-state index contributed by atoms with van der Waals surface area (Å²) in [7, 11) is -13.0. The molecule has 0 radical (unpaired) electrons. The molecule has 0 saturated carbocycles. The van der Waals surface area contributed by atoms with Gasteiger partial charge in [-0.2, -0.15) is 0 Å². The Morgan fingerprint density at radius 2 is 0.638 bits per heavy atom. The Kier molecular flexibility index (Phi) is 15.2. The smallest absolute Gasteiger partial charge is 0.187 e. The monoisotopic (exact) mass is 774 g/mol. The molecule has 2 heterocycles. The van der Waals surface area contributed by atoms with Crippen LogP contribution in [0.25, 0.3) is 0 Å². The highest BCUT2D eigenvalue weighted by Crippen LogP contribution is 2.39. The Labute approximate surface area is 292 Å². The fourth-order valence-corrected chi connectivity index (χ4v) is 11.9. The molecule has 0 aliphatic carbocycles. The largest absolute Gasteiger partial charge is 0.409 e. The molecular weight excluding hydrogens is 705 g/mol. The summed E-state index contributed by atoms with van der Waals surface area (Å²) >= 11 is 0. The first-order chi connectivity index (χ1) is 20.9. The van der Waals surface area contributed by atoms with Crippen LogP contribution in [0.4, 0.5) is 0 Å². The SMILES string of the molecule is C[Si](C)(C)O[C@H]1O[C@H](CO)[C@H](O[C@@H]2O[C@H](CO)[C@H](O[Si](C)(C)C)[C@H](O[Si](C)(C)C)[C@H]2O[Si](C)(C)C)[C@H](O[Si](C)(C)C)[C@H]1O[Si](C)(C)C. The van der Waals surface area contributed by atoms with Crippen LogP contribution in [-0.4, -0.2) is 135 Å². The highest BCUT2D eigenvalue weighted by Gasteiger charge is 2.56. The van der Waals surface area contributed by atoms with Crippen molar-refractivity contribution in [3.8, 4) is 0 Å². The van der Waals surface area contributed by atoms with E-state index in [-0.39, 0.29) is 13.2 Å². The maximum atomic E-state index is 10.8. The van der Waals surface area contributed by atoms with Gasteiger partial charge in [0.05, 0.1) is 13.2 Å². The van der Waals surface area contributed by atoms with Gasteiger partial charge < -0.3 is 51.0 Å². The van der Waals surface area contributed by atoms with Crippen molar-refractivity contribution in [3.05, 3.63) is 0 Å². The summed E-state index contributed by atoms with van der Waals surface area (Å²) in [5.74, 6) is 0. The molecular formula is C30H70O11Si6. The zero-order valence-electron chi connectivity index (χ0n) is 32.8. The molecule has 0 unspecified atom stereocenters. The van der Waals surface area contributed by atoms with Crippen LogP contribution in [0.3, 0.4) is 0 Å². The predicted molar refractivity (Wildman–Crippen MR) is 202 cm³/mol. The van der Waals surface area contributed by atoms with Crippen molar-refractivity contribution >= 4 is 49.9 Å². The van der Waals surface area contributed by atoms with Crippen LogP contribution in [0.15, 0.2) is 0 Å².